The van der Waals surface area contributed by atoms with Crippen LogP contribution in [0.2, 0.25) is 0 Å². The smallest absolute Gasteiger partial charge is 0.337 e. The third-order valence-corrected chi connectivity index (χ3v) is 5.35. The van der Waals surface area contributed by atoms with Crippen molar-refractivity contribution in [3.8, 4) is 5.75 Å². The third kappa shape index (κ3) is 3.86. The number of fused-ring (bicyclic) bond motifs is 1. The maximum absolute atomic E-state index is 12.7. The molecule has 1 aliphatic rings. The number of thiocarbonyl (C=S) groups is 1. The van der Waals surface area contributed by atoms with Gasteiger partial charge in [0.05, 0.1) is 18.7 Å². The van der Waals surface area contributed by atoms with Gasteiger partial charge in [0.2, 0.25) is 0 Å². The lowest BCUT2D eigenvalue weighted by Gasteiger charge is -2.31. The van der Waals surface area contributed by atoms with Crippen LogP contribution in [0.5, 0.6) is 5.75 Å². The van der Waals surface area contributed by atoms with Gasteiger partial charge in [-0.2, -0.15) is 0 Å². The highest BCUT2D eigenvalue weighted by Crippen LogP contribution is 2.39. The number of rotatable bonds is 5. The highest BCUT2D eigenvalue weighted by atomic mass is 32.1. The average Bonchev–Trinajstić information content (AvgIpc) is 2.77. The van der Waals surface area contributed by atoms with Crippen LogP contribution in [0.3, 0.4) is 0 Å². The van der Waals surface area contributed by atoms with E-state index in [0.29, 0.717) is 28.7 Å². The molecule has 3 aromatic carbocycles. The van der Waals surface area contributed by atoms with Gasteiger partial charge in [0.15, 0.2) is 5.11 Å². The van der Waals surface area contributed by atoms with E-state index in [0.717, 1.165) is 21.9 Å². The number of hydrogen-bond donors (Lipinski definition) is 2. The van der Waals surface area contributed by atoms with Crippen molar-refractivity contribution in [1.29, 1.82) is 0 Å². The molecule has 1 aliphatic heterocycles. The van der Waals surface area contributed by atoms with Crippen molar-refractivity contribution in [3.63, 3.8) is 0 Å². The van der Waals surface area contributed by atoms with E-state index in [1.54, 1.807) is 0 Å². The lowest BCUT2D eigenvalue weighted by atomic mass is 9.90. The van der Waals surface area contributed by atoms with Crippen molar-refractivity contribution in [2.75, 3.05) is 7.11 Å². The third-order valence-electron chi connectivity index (χ3n) is 5.13. The second-order valence-corrected chi connectivity index (χ2v) is 7.44. The average molecular weight is 419 g/mol. The predicted molar refractivity (Wildman–Crippen MR) is 121 cm³/mol. The van der Waals surface area contributed by atoms with Crippen molar-refractivity contribution in [2.24, 2.45) is 0 Å². The summed E-state index contributed by atoms with van der Waals surface area (Å²) in [4.78, 5) is 12.7. The molecule has 0 aromatic heterocycles. The molecule has 5 nitrogen and oxygen atoms in total. The van der Waals surface area contributed by atoms with Crippen LogP contribution in [-0.4, -0.2) is 18.2 Å². The molecule has 0 saturated carbocycles. The maximum Gasteiger partial charge on any atom is 0.337 e. The zero-order valence-electron chi connectivity index (χ0n) is 16.8. The number of carbonyl (C=O) groups is 1. The zero-order valence-corrected chi connectivity index (χ0v) is 17.6. The summed E-state index contributed by atoms with van der Waals surface area (Å²) in [7, 11) is 1.38. The molecule has 2 N–H and O–H groups in total. The molecule has 0 bridgehead atoms. The zero-order chi connectivity index (χ0) is 21.1. The number of carbonyl (C=O) groups excluding carboxylic acids is 1. The van der Waals surface area contributed by atoms with Gasteiger partial charge < -0.3 is 20.1 Å². The molecule has 0 amide bonds. The summed E-state index contributed by atoms with van der Waals surface area (Å²) in [6.45, 7) is 2.24. The number of benzene rings is 3. The Bertz CT molecular complexity index is 1140. The van der Waals surface area contributed by atoms with E-state index in [-0.39, 0.29) is 0 Å². The first-order valence-electron chi connectivity index (χ1n) is 9.63. The lowest BCUT2D eigenvalue weighted by molar-refractivity contribution is -0.136. The molecule has 4 rings (SSSR count). The first-order chi connectivity index (χ1) is 14.6. The lowest BCUT2D eigenvalue weighted by Crippen LogP contribution is -2.45. The van der Waals surface area contributed by atoms with Crippen LogP contribution in [0.1, 0.15) is 24.1 Å². The fourth-order valence-electron chi connectivity index (χ4n) is 3.73. The maximum atomic E-state index is 12.7. The van der Waals surface area contributed by atoms with Crippen LogP contribution in [0.4, 0.5) is 0 Å². The van der Waals surface area contributed by atoms with E-state index >= 15 is 0 Å². The molecule has 30 heavy (non-hydrogen) atoms. The van der Waals surface area contributed by atoms with E-state index in [1.807, 2.05) is 73.7 Å². The summed E-state index contributed by atoms with van der Waals surface area (Å²) in [5.41, 5.74) is 3.06. The Morgan fingerprint density at radius 1 is 1.03 bits per heavy atom. The molecular weight excluding hydrogens is 396 g/mol. The van der Waals surface area contributed by atoms with Gasteiger partial charge in [0, 0.05) is 11.3 Å². The Morgan fingerprint density at radius 3 is 2.53 bits per heavy atom. The first-order valence-corrected chi connectivity index (χ1v) is 10.0. The van der Waals surface area contributed by atoms with Gasteiger partial charge in [-0.25, -0.2) is 4.79 Å². The highest BCUT2D eigenvalue weighted by molar-refractivity contribution is 7.80. The van der Waals surface area contributed by atoms with E-state index in [2.05, 4.69) is 10.6 Å². The van der Waals surface area contributed by atoms with E-state index in [1.165, 1.54) is 7.11 Å². The predicted octanol–water partition coefficient (Wildman–Crippen LogP) is 4.38. The monoisotopic (exact) mass is 418 g/mol. The van der Waals surface area contributed by atoms with E-state index in [9.17, 15) is 4.79 Å². The Morgan fingerprint density at radius 2 is 1.77 bits per heavy atom. The van der Waals surface area contributed by atoms with Crippen LogP contribution in [0.15, 0.2) is 78.0 Å². The summed E-state index contributed by atoms with van der Waals surface area (Å²) in [6, 6.07) is 21.5. The van der Waals surface area contributed by atoms with Crippen LogP contribution in [-0.2, 0) is 16.1 Å². The Hall–Kier alpha value is -3.38. The Kier molecular flexibility index (Phi) is 5.68. The van der Waals surface area contributed by atoms with Gasteiger partial charge in [-0.15, -0.1) is 0 Å². The van der Waals surface area contributed by atoms with Gasteiger partial charge in [0.1, 0.15) is 12.4 Å². The molecule has 1 unspecified atom stereocenters. The first kappa shape index (κ1) is 19.9. The Balaban J connectivity index is 1.85. The summed E-state index contributed by atoms with van der Waals surface area (Å²) in [6.07, 6.45) is 0. The molecule has 0 fully saturated rings. The van der Waals surface area contributed by atoms with Gasteiger partial charge in [-0.05, 0) is 41.5 Å². The van der Waals surface area contributed by atoms with E-state index in [4.69, 9.17) is 21.7 Å². The number of hydrogen-bond acceptors (Lipinski definition) is 4. The van der Waals surface area contributed by atoms with Gasteiger partial charge in [0.25, 0.3) is 0 Å². The normalized spacial score (nSPS) is 16.1. The number of esters is 1. The molecule has 0 radical (unpaired) electrons. The standard InChI is InChI=1S/C24H22N2O3S/c1-15-20(23(27)28-2)22(26-24(30)25-15)21-18-11-7-6-10-17(18)12-13-19(21)29-14-16-8-4-3-5-9-16/h3-13,22H,14H2,1-2H3,(H2,25,26,30). The number of allylic oxidation sites excluding steroid dienone is 1. The number of ether oxygens (including phenoxy) is 2. The largest absolute Gasteiger partial charge is 0.489 e. The fourth-order valence-corrected chi connectivity index (χ4v) is 4.00. The minimum absolute atomic E-state index is 0.415. The molecular formula is C24H22N2O3S. The minimum atomic E-state index is -0.497. The highest BCUT2D eigenvalue weighted by Gasteiger charge is 2.33. The van der Waals surface area contributed by atoms with Crippen LogP contribution < -0.4 is 15.4 Å². The SMILES string of the molecule is COC(=O)C1=C(C)NC(=S)NC1c1c(OCc2ccccc2)ccc2ccccc12. The second kappa shape index (κ2) is 8.55. The quantitative estimate of drug-likeness (QED) is 0.474. The molecule has 1 heterocycles. The summed E-state index contributed by atoms with van der Waals surface area (Å²) in [5, 5.41) is 8.75. The van der Waals surface area contributed by atoms with Crippen molar-refractivity contribution in [1.82, 2.24) is 10.6 Å². The molecule has 0 aliphatic carbocycles. The van der Waals surface area contributed by atoms with Crippen molar-refractivity contribution in [3.05, 3.63) is 89.1 Å². The van der Waals surface area contributed by atoms with Gasteiger partial charge in [-0.1, -0.05) is 60.7 Å². The van der Waals surface area contributed by atoms with Gasteiger partial charge >= 0.3 is 5.97 Å². The number of methoxy groups -OCH3 is 1. The summed E-state index contributed by atoms with van der Waals surface area (Å²) >= 11 is 5.39. The second-order valence-electron chi connectivity index (χ2n) is 7.03. The summed E-state index contributed by atoms with van der Waals surface area (Å²) < 4.78 is 11.3. The van der Waals surface area contributed by atoms with Crippen LogP contribution in [0.25, 0.3) is 10.8 Å². The molecule has 3 aromatic rings. The van der Waals surface area contributed by atoms with Gasteiger partial charge in [-0.3, -0.25) is 0 Å². The molecule has 0 saturated heterocycles. The minimum Gasteiger partial charge on any atom is -0.489 e. The molecule has 0 spiro atoms. The van der Waals surface area contributed by atoms with Crippen LogP contribution >= 0.6 is 12.2 Å². The molecule has 6 heteroatoms. The van der Waals surface area contributed by atoms with E-state index < -0.39 is 12.0 Å². The van der Waals surface area contributed by atoms with Crippen molar-refractivity contribution < 1.29 is 14.3 Å². The molecule has 1 atom stereocenters. The topological polar surface area (TPSA) is 59.6 Å². The Labute approximate surface area is 180 Å². The van der Waals surface area contributed by atoms with Crippen molar-refractivity contribution >= 4 is 34.1 Å². The van der Waals surface area contributed by atoms with Crippen LogP contribution in [0, 0.1) is 0 Å². The fraction of sp³-hybridized carbons (Fsp3) is 0.167. The summed E-state index contributed by atoms with van der Waals surface area (Å²) in [5.74, 6) is 0.274. The van der Waals surface area contributed by atoms with Crippen molar-refractivity contribution in [2.45, 2.75) is 19.6 Å². The molecule has 152 valence electrons. The number of nitrogens with one attached hydrogen (secondary N) is 2.